The Bertz CT molecular complexity index is 859. The van der Waals surface area contributed by atoms with E-state index in [9.17, 15) is 12.8 Å². The number of nitrogens with one attached hydrogen (secondary N) is 1. The van der Waals surface area contributed by atoms with Crippen LogP contribution in [0.2, 0.25) is 5.02 Å². The standard InChI is InChI=1S/C16H16ClFN2O2S.ClH/c17-11-4-7-16(14(18)9-11)23(21,22)20-15-3-1-2-10-8-12(19)5-6-13(10)15;/h4-9,15,20H,1-3,19H2;1H. The van der Waals surface area contributed by atoms with Gasteiger partial charge in [0, 0.05) is 16.8 Å². The number of anilines is 1. The fraction of sp³-hybridized carbons (Fsp3) is 0.250. The third kappa shape index (κ3) is 3.83. The Kier molecular flexibility index (Phi) is 5.75. The molecule has 0 aliphatic heterocycles. The summed E-state index contributed by atoms with van der Waals surface area (Å²) in [5.41, 5.74) is 8.35. The predicted molar refractivity (Wildman–Crippen MR) is 95.5 cm³/mol. The number of nitrogen functional groups attached to an aromatic ring is 1. The maximum absolute atomic E-state index is 13.9. The molecule has 0 saturated carbocycles. The van der Waals surface area contributed by atoms with Crippen LogP contribution in [0.4, 0.5) is 10.1 Å². The van der Waals surface area contributed by atoms with Crippen molar-refractivity contribution < 1.29 is 12.8 Å². The average Bonchev–Trinajstić information content (AvgIpc) is 2.46. The lowest BCUT2D eigenvalue weighted by Crippen LogP contribution is -2.31. The molecular formula is C16H17Cl2FN2O2S. The summed E-state index contributed by atoms with van der Waals surface area (Å²) in [4.78, 5) is -0.399. The first kappa shape index (κ1) is 19.0. The molecule has 0 saturated heterocycles. The highest BCUT2D eigenvalue weighted by Crippen LogP contribution is 2.32. The second-order valence-corrected chi connectivity index (χ2v) is 7.72. The molecule has 0 spiro atoms. The van der Waals surface area contributed by atoms with Gasteiger partial charge in [0.05, 0.1) is 0 Å². The van der Waals surface area contributed by atoms with Crippen molar-refractivity contribution in [3.8, 4) is 0 Å². The highest BCUT2D eigenvalue weighted by molar-refractivity contribution is 7.89. The van der Waals surface area contributed by atoms with E-state index >= 15 is 0 Å². The third-order valence-corrected chi connectivity index (χ3v) is 5.70. The highest BCUT2D eigenvalue weighted by Gasteiger charge is 2.27. The van der Waals surface area contributed by atoms with E-state index in [1.807, 2.05) is 12.1 Å². The molecule has 0 aromatic heterocycles. The number of fused-ring (bicyclic) bond motifs is 1. The zero-order valence-electron chi connectivity index (χ0n) is 12.6. The molecule has 3 rings (SSSR count). The second kappa shape index (κ2) is 7.27. The summed E-state index contributed by atoms with van der Waals surface area (Å²) < 4.78 is 41.5. The fourth-order valence-electron chi connectivity index (χ4n) is 2.90. The van der Waals surface area contributed by atoms with Gasteiger partial charge in [-0.25, -0.2) is 17.5 Å². The van der Waals surface area contributed by atoms with E-state index in [4.69, 9.17) is 17.3 Å². The van der Waals surface area contributed by atoms with Gasteiger partial charge in [0.1, 0.15) is 10.7 Å². The molecule has 3 N–H and O–H groups in total. The predicted octanol–water partition coefficient (Wildman–Crippen LogP) is 3.84. The van der Waals surface area contributed by atoms with Gasteiger partial charge in [0.25, 0.3) is 0 Å². The molecule has 1 unspecified atom stereocenters. The van der Waals surface area contributed by atoms with Crippen molar-refractivity contribution in [1.82, 2.24) is 4.72 Å². The largest absolute Gasteiger partial charge is 0.399 e. The Balaban J connectivity index is 0.00000208. The number of hydrogen-bond acceptors (Lipinski definition) is 3. The molecule has 8 heteroatoms. The van der Waals surface area contributed by atoms with Crippen LogP contribution < -0.4 is 10.5 Å². The van der Waals surface area contributed by atoms with Gasteiger partial charge >= 0.3 is 0 Å². The van der Waals surface area contributed by atoms with Crippen LogP contribution >= 0.6 is 24.0 Å². The van der Waals surface area contributed by atoms with Gasteiger partial charge in [-0.05, 0) is 60.7 Å². The van der Waals surface area contributed by atoms with Crippen LogP contribution in [-0.2, 0) is 16.4 Å². The molecule has 0 radical (unpaired) electrons. The molecular weight excluding hydrogens is 374 g/mol. The third-order valence-electron chi connectivity index (χ3n) is 3.96. The molecule has 1 aliphatic rings. The molecule has 0 amide bonds. The Morgan fingerprint density at radius 3 is 2.67 bits per heavy atom. The topological polar surface area (TPSA) is 72.2 Å². The minimum Gasteiger partial charge on any atom is -0.399 e. The second-order valence-electron chi connectivity index (χ2n) is 5.60. The monoisotopic (exact) mass is 390 g/mol. The Labute approximate surface area is 151 Å². The van der Waals surface area contributed by atoms with Gasteiger partial charge in [0.2, 0.25) is 10.0 Å². The van der Waals surface area contributed by atoms with Crippen molar-refractivity contribution in [2.75, 3.05) is 5.73 Å². The van der Waals surface area contributed by atoms with E-state index < -0.39 is 20.7 Å². The molecule has 1 atom stereocenters. The smallest absolute Gasteiger partial charge is 0.244 e. The SMILES string of the molecule is Cl.Nc1ccc2c(c1)CCCC2NS(=O)(=O)c1ccc(Cl)cc1F. The zero-order valence-corrected chi connectivity index (χ0v) is 15.0. The summed E-state index contributed by atoms with van der Waals surface area (Å²) in [5.74, 6) is -0.863. The lowest BCUT2D eigenvalue weighted by atomic mass is 9.88. The summed E-state index contributed by atoms with van der Waals surface area (Å²) in [6.45, 7) is 0. The molecule has 2 aromatic rings. The summed E-state index contributed by atoms with van der Waals surface area (Å²) >= 11 is 5.67. The van der Waals surface area contributed by atoms with E-state index in [1.165, 1.54) is 12.1 Å². The van der Waals surface area contributed by atoms with Crippen LogP contribution in [0.5, 0.6) is 0 Å². The molecule has 1 aliphatic carbocycles. The maximum atomic E-state index is 13.9. The molecule has 4 nitrogen and oxygen atoms in total. The normalized spacial score (nSPS) is 17.0. The Morgan fingerprint density at radius 2 is 1.96 bits per heavy atom. The van der Waals surface area contributed by atoms with Gasteiger partial charge in [-0.3, -0.25) is 0 Å². The number of rotatable bonds is 3. The van der Waals surface area contributed by atoms with Gasteiger partial charge in [-0.2, -0.15) is 0 Å². The van der Waals surface area contributed by atoms with Crippen molar-refractivity contribution in [3.63, 3.8) is 0 Å². The molecule has 130 valence electrons. The number of nitrogens with two attached hydrogens (primary N) is 1. The number of benzene rings is 2. The Morgan fingerprint density at radius 1 is 1.21 bits per heavy atom. The van der Waals surface area contributed by atoms with Gasteiger partial charge in [-0.15, -0.1) is 12.4 Å². The minimum absolute atomic E-state index is 0. The van der Waals surface area contributed by atoms with Crippen LogP contribution in [0.25, 0.3) is 0 Å². The number of aryl methyl sites for hydroxylation is 1. The Hall–Kier alpha value is -1.34. The molecule has 0 heterocycles. The first-order chi connectivity index (χ1) is 10.9. The highest BCUT2D eigenvalue weighted by atomic mass is 35.5. The maximum Gasteiger partial charge on any atom is 0.244 e. The number of hydrogen-bond donors (Lipinski definition) is 2. The lowest BCUT2D eigenvalue weighted by Gasteiger charge is -2.26. The van der Waals surface area contributed by atoms with Crippen molar-refractivity contribution in [3.05, 3.63) is 58.4 Å². The molecule has 2 aromatic carbocycles. The number of halogens is 3. The summed E-state index contributed by atoms with van der Waals surface area (Å²) in [6, 6.07) is 8.56. The average molecular weight is 391 g/mol. The van der Waals surface area contributed by atoms with E-state index in [1.54, 1.807) is 6.07 Å². The molecule has 0 bridgehead atoms. The minimum atomic E-state index is -3.98. The molecule has 0 fully saturated rings. The first-order valence-corrected chi connectivity index (χ1v) is 9.08. The van der Waals surface area contributed by atoms with Gasteiger partial charge in [0.15, 0.2) is 0 Å². The van der Waals surface area contributed by atoms with E-state index in [0.717, 1.165) is 30.0 Å². The summed E-state index contributed by atoms with van der Waals surface area (Å²) in [6.07, 6.45) is 2.35. The van der Waals surface area contributed by atoms with Crippen molar-refractivity contribution in [2.45, 2.75) is 30.2 Å². The fourth-order valence-corrected chi connectivity index (χ4v) is 4.37. The van der Waals surface area contributed by atoms with E-state index in [-0.39, 0.29) is 23.5 Å². The van der Waals surface area contributed by atoms with Crippen molar-refractivity contribution in [2.24, 2.45) is 0 Å². The van der Waals surface area contributed by atoms with Crippen LogP contribution in [0.1, 0.15) is 30.0 Å². The van der Waals surface area contributed by atoms with Gasteiger partial charge in [-0.1, -0.05) is 17.7 Å². The van der Waals surface area contributed by atoms with Crippen molar-refractivity contribution in [1.29, 1.82) is 0 Å². The van der Waals surface area contributed by atoms with Crippen LogP contribution in [-0.4, -0.2) is 8.42 Å². The van der Waals surface area contributed by atoms with Crippen LogP contribution in [0.3, 0.4) is 0 Å². The number of sulfonamides is 1. The van der Waals surface area contributed by atoms with E-state index in [0.29, 0.717) is 12.1 Å². The quantitative estimate of drug-likeness (QED) is 0.781. The van der Waals surface area contributed by atoms with E-state index in [2.05, 4.69) is 4.72 Å². The zero-order chi connectivity index (χ0) is 16.6. The van der Waals surface area contributed by atoms with Crippen molar-refractivity contribution >= 4 is 39.7 Å². The van der Waals surface area contributed by atoms with Gasteiger partial charge < -0.3 is 5.73 Å². The lowest BCUT2D eigenvalue weighted by molar-refractivity contribution is 0.502. The molecule has 24 heavy (non-hydrogen) atoms. The summed E-state index contributed by atoms with van der Waals surface area (Å²) in [5, 5.41) is 0.153. The summed E-state index contributed by atoms with van der Waals surface area (Å²) in [7, 11) is -3.98. The van der Waals surface area contributed by atoms with Crippen LogP contribution in [0.15, 0.2) is 41.3 Å². The van der Waals surface area contributed by atoms with Crippen LogP contribution in [0, 0.1) is 5.82 Å². The first-order valence-electron chi connectivity index (χ1n) is 7.22.